The number of rotatable bonds is 3. The standard InChI is InChI=1S/C38H25N/c1-2-25-16-21-37-36(22-25)34-20-18-27(24-38(34)39(37)28-10-4-3-5-11-28)26-17-19-33-31-14-7-6-12-29(31)30-13-8-9-15-32(30)35(33)23-26/h2-24H,1H2. The second-order valence-corrected chi connectivity index (χ2v) is 10.2. The van der Waals surface area contributed by atoms with Crippen LogP contribution in [0.4, 0.5) is 0 Å². The summed E-state index contributed by atoms with van der Waals surface area (Å²) in [7, 11) is 0. The molecule has 0 N–H and O–H groups in total. The summed E-state index contributed by atoms with van der Waals surface area (Å²) in [6.45, 7) is 4.00. The first kappa shape index (κ1) is 21.9. The highest BCUT2D eigenvalue weighted by atomic mass is 15.0. The van der Waals surface area contributed by atoms with Crippen molar-refractivity contribution in [2.75, 3.05) is 0 Å². The van der Waals surface area contributed by atoms with Gasteiger partial charge in [0.25, 0.3) is 0 Å². The largest absolute Gasteiger partial charge is 0.309 e. The molecule has 0 radical (unpaired) electrons. The highest BCUT2D eigenvalue weighted by Gasteiger charge is 2.15. The Morgan fingerprint density at radius 3 is 1.64 bits per heavy atom. The van der Waals surface area contributed by atoms with Gasteiger partial charge in [-0.2, -0.15) is 0 Å². The summed E-state index contributed by atoms with van der Waals surface area (Å²) in [5, 5.41) is 10.3. The van der Waals surface area contributed by atoms with E-state index in [0.29, 0.717) is 0 Å². The third-order valence-corrected chi connectivity index (χ3v) is 8.12. The van der Waals surface area contributed by atoms with Crippen molar-refractivity contribution in [1.82, 2.24) is 4.57 Å². The smallest absolute Gasteiger partial charge is 0.0547 e. The van der Waals surface area contributed by atoms with Crippen LogP contribution in [-0.4, -0.2) is 4.57 Å². The van der Waals surface area contributed by atoms with Gasteiger partial charge in [-0.15, -0.1) is 0 Å². The summed E-state index contributed by atoms with van der Waals surface area (Å²) >= 11 is 0. The number of nitrogens with zero attached hydrogens (tertiary/aromatic N) is 1. The van der Waals surface area contributed by atoms with Crippen molar-refractivity contribution in [1.29, 1.82) is 0 Å². The fraction of sp³-hybridized carbons (Fsp3) is 0. The van der Waals surface area contributed by atoms with Gasteiger partial charge in [-0.3, -0.25) is 0 Å². The summed E-state index contributed by atoms with van der Waals surface area (Å²) in [4.78, 5) is 0. The van der Waals surface area contributed by atoms with Crippen LogP contribution in [0.1, 0.15) is 5.56 Å². The van der Waals surface area contributed by atoms with Gasteiger partial charge >= 0.3 is 0 Å². The molecule has 0 aliphatic carbocycles. The predicted octanol–water partition coefficient (Wildman–Crippen LogP) is 10.6. The van der Waals surface area contributed by atoms with Gasteiger partial charge in [0.2, 0.25) is 0 Å². The molecule has 1 nitrogen and oxygen atoms in total. The van der Waals surface area contributed by atoms with Crippen LogP contribution in [0.5, 0.6) is 0 Å². The molecule has 8 rings (SSSR count). The Hall–Kier alpha value is -5.14. The van der Waals surface area contributed by atoms with Crippen LogP contribution in [0.2, 0.25) is 0 Å². The van der Waals surface area contributed by atoms with Crippen molar-refractivity contribution in [2.24, 2.45) is 0 Å². The first-order valence-corrected chi connectivity index (χ1v) is 13.4. The molecule has 8 aromatic rings. The zero-order valence-corrected chi connectivity index (χ0v) is 21.4. The molecule has 1 heteroatoms. The SMILES string of the molecule is C=Cc1ccc2c(c1)c1ccc(-c3ccc4c5ccccc5c5ccccc5c4c3)cc1n2-c1ccccc1. The summed E-state index contributed by atoms with van der Waals surface area (Å²) in [5.41, 5.74) is 7.14. The molecule has 0 unspecified atom stereocenters. The predicted molar refractivity (Wildman–Crippen MR) is 169 cm³/mol. The molecule has 182 valence electrons. The van der Waals surface area contributed by atoms with Gasteiger partial charge < -0.3 is 4.57 Å². The number of fused-ring (bicyclic) bond motifs is 9. The van der Waals surface area contributed by atoms with E-state index in [-0.39, 0.29) is 0 Å². The maximum absolute atomic E-state index is 4.00. The van der Waals surface area contributed by atoms with Gasteiger partial charge in [0.1, 0.15) is 0 Å². The van der Waals surface area contributed by atoms with Crippen LogP contribution in [-0.2, 0) is 0 Å². The van der Waals surface area contributed by atoms with Crippen molar-refractivity contribution in [3.05, 3.63) is 146 Å². The van der Waals surface area contributed by atoms with Gasteiger partial charge in [-0.25, -0.2) is 0 Å². The number of benzene rings is 7. The van der Waals surface area contributed by atoms with Crippen molar-refractivity contribution in [3.8, 4) is 16.8 Å². The van der Waals surface area contributed by atoms with Crippen LogP contribution in [0.3, 0.4) is 0 Å². The molecule has 0 fully saturated rings. The zero-order valence-electron chi connectivity index (χ0n) is 21.4. The van der Waals surface area contributed by atoms with Gasteiger partial charge in [0, 0.05) is 16.5 Å². The van der Waals surface area contributed by atoms with Crippen LogP contribution in [0, 0.1) is 0 Å². The lowest BCUT2D eigenvalue weighted by Gasteiger charge is -2.12. The molecule has 0 amide bonds. The quantitative estimate of drug-likeness (QED) is 0.215. The zero-order chi connectivity index (χ0) is 25.9. The molecule has 0 bridgehead atoms. The number of para-hydroxylation sites is 1. The minimum atomic E-state index is 1.13. The highest BCUT2D eigenvalue weighted by Crippen LogP contribution is 2.39. The molecule has 1 heterocycles. The van der Waals surface area contributed by atoms with Gasteiger partial charge in [-0.1, -0.05) is 110 Å². The van der Waals surface area contributed by atoms with Gasteiger partial charge in [-0.05, 0) is 85.4 Å². The third-order valence-electron chi connectivity index (χ3n) is 8.12. The van der Waals surface area contributed by atoms with E-state index in [0.717, 1.165) is 11.3 Å². The van der Waals surface area contributed by atoms with Crippen molar-refractivity contribution in [2.45, 2.75) is 0 Å². The van der Waals surface area contributed by atoms with Crippen LogP contribution in [0.15, 0.2) is 140 Å². The third kappa shape index (κ3) is 3.27. The Kier molecular flexibility index (Phi) is 4.74. The molecule has 39 heavy (non-hydrogen) atoms. The van der Waals surface area contributed by atoms with E-state index in [4.69, 9.17) is 0 Å². The summed E-state index contributed by atoms with van der Waals surface area (Å²) in [6, 6.07) is 48.6. The first-order valence-electron chi connectivity index (χ1n) is 13.4. The lowest BCUT2D eigenvalue weighted by molar-refractivity contribution is 1.18. The molecular formula is C38H25N. The van der Waals surface area contributed by atoms with E-state index in [1.807, 2.05) is 6.08 Å². The Labute approximate surface area is 226 Å². The van der Waals surface area contributed by atoms with Crippen molar-refractivity contribution < 1.29 is 0 Å². The second-order valence-electron chi connectivity index (χ2n) is 10.2. The lowest BCUT2D eigenvalue weighted by atomic mass is 9.92. The van der Waals surface area contributed by atoms with E-state index >= 15 is 0 Å². The molecule has 0 atom stereocenters. The van der Waals surface area contributed by atoms with Crippen molar-refractivity contribution in [3.63, 3.8) is 0 Å². The van der Waals surface area contributed by atoms with E-state index in [2.05, 4.69) is 145 Å². The average molecular weight is 496 g/mol. The fourth-order valence-corrected chi connectivity index (χ4v) is 6.29. The number of hydrogen-bond donors (Lipinski definition) is 0. The molecule has 0 aliphatic heterocycles. The Balaban J connectivity index is 1.42. The van der Waals surface area contributed by atoms with Crippen molar-refractivity contribution >= 4 is 60.2 Å². The molecule has 0 saturated heterocycles. The Morgan fingerprint density at radius 2 is 0.974 bits per heavy atom. The first-order chi connectivity index (χ1) is 19.3. The lowest BCUT2D eigenvalue weighted by Crippen LogP contribution is -1.93. The average Bonchev–Trinajstić information content (AvgIpc) is 3.34. The second kappa shape index (κ2) is 8.44. The summed E-state index contributed by atoms with van der Waals surface area (Å²) in [6.07, 6.45) is 1.92. The molecular weight excluding hydrogens is 470 g/mol. The van der Waals surface area contributed by atoms with Crippen LogP contribution < -0.4 is 0 Å². The topological polar surface area (TPSA) is 4.93 Å². The van der Waals surface area contributed by atoms with E-state index in [1.165, 1.54) is 65.3 Å². The minimum absolute atomic E-state index is 1.13. The van der Waals surface area contributed by atoms with Gasteiger partial charge in [0.05, 0.1) is 11.0 Å². The van der Waals surface area contributed by atoms with E-state index < -0.39 is 0 Å². The maximum Gasteiger partial charge on any atom is 0.0547 e. The molecule has 0 saturated carbocycles. The van der Waals surface area contributed by atoms with Crippen LogP contribution in [0.25, 0.3) is 77.0 Å². The summed E-state index contributed by atoms with van der Waals surface area (Å²) in [5.74, 6) is 0. The Morgan fingerprint density at radius 1 is 0.410 bits per heavy atom. The highest BCUT2D eigenvalue weighted by molar-refractivity contribution is 6.25. The normalized spacial score (nSPS) is 11.7. The fourth-order valence-electron chi connectivity index (χ4n) is 6.29. The van der Waals surface area contributed by atoms with E-state index in [1.54, 1.807) is 0 Å². The van der Waals surface area contributed by atoms with Gasteiger partial charge in [0.15, 0.2) is 0 Å². The maximum atomic E-state index is 4.00. The van der Waals surface area contributed by atoms with E-state index in [9.17, 15) is 0 Å². The molecule has 1 aromatic heterocycles. The Bertz CT molecular complexity index is 2200. The number of aromatic nitrogens is 1. The summed E-state index contributed by atoms with van der Waals surface area (Å²) < 4.78 is 2.38. The molecule has 7 aromatic carbocycles. The molecule has 0 spiro atoms. The number of hydrogen-bond acceptors (Lipinski definition) is 0. The monoisotopic (exact) mass is 495 g/mol. The minimum Gasteiger partial charge on any atom is -0.309 e. The molecule has 0 aliphatic rings. The van der Waals surface area contributed by atoms with Crippen LogP contribution >= 0.6 is 0 Å².